The van der Waals surface area contributed by atoms with Crippen molar-refractivity contribution < 1.29 is 27.7 Å². The number of fused-ring (bicyclic) bond motifs is 1. The molecule has 1 fully saturated rings. The van der Waals surface area contributed by atoms with E-state index in [1.54, 1.807) is 6.07 Å². The van der Waals surface area contributed by atoms with Crippen LogP contribution in [-0.2, 0) is 34.6 Å². The van der Waals surface area contributed by atoms with Gasteiger partial charge in [0.25, 0.3) is 5.91 Å². The number of benzene rings is 3. The number of hydrogen-bond acceptors (Lipinski definition) is 3. The van der Waals surface area contributed by atoms with E-state index in [1.807, 2.05) is 53.2 Å². The second kappa shape index (κ2) is 9.44. The summed E-state index contributed by atoms with van der Waals surface area (Å²) < 4.78 is 40.7. The minimum absolute atomic E-state index is 0.183. The molecule has 0 aliphatic heterocycles. The van der Waals surface area contributed by atoms with Gasteiger partial charge in [0, 0.05) is 18.1 Å². The molecule has 0 unspecified atom stereocenters. The number of alkyl halides is 3. The van der Waals surface area contributed by atoms with Gasteiger partial charge in [-0.2, -0.15) is 13.2 Å². The molecule has 186 valence electrons. The summed E-state index contributed by atoms with van der Waals surface area (Å²) >= 11 is 0. The van der Waals surface area contributed by atoms with Crippen molar-refractivity contribution in [1.29, 1.82) is 0 Å². The van der Waals surface area contributed by atoms with E-state index >= 15 is 0 Å². The number of halogens is 3. The van der Waals surface area contributed by atoms with Crippen molar-refractivity contribution >= 4 is 16.8 Å². The molecule has 1 aliphatic carbocycles. The number of nitrogens with zero attached hydrogens (tertiary/aromatic N) is 1. The molecule has 1 heterocycles. The van der Waals surface area contributed by atoms with Crippen molar-refractivity contribution in [2.24, 2.45) is 0 Å². The van der Waals surface area contributed by atoms with Crippen LogP contribution in [0.25, 0.3) is 10.9 Å². The van der Waals surface area contributed by atoms with E-state index in [4.69, 9.17) is 4.89 Å². The fourth-order valence-electron chi connectivity index (χ4n) is 4.51. The monoisotopic (exact) mass is 494 g/mol. The lowest BCUT2D eigenvalue weighted by atomic mass is 10.0. The quantitative estimate of drug-likeness (QED) is 0.234. The molecule has 36 heavy (non-hydrogen) atoms. The van der Waals surface area contributed by atoms with Gasteiger partial charge in [-0.15, -0.1) is 0 Å². The molecule has 5 rings (SSSR count). The zero-order valence-corrected chi connectivity index (χ0v) is 19.6. The SMILES string of the molecule is COOCc1ccc(C2(NC(=O)c3cccc4ccn(Cc5ccc(C(F)(F)F)cc5)c34)CC2)cc1. The van der Waals surface area contributed by atoms with E-state index in [1.165, 1.54) is 19.2 Å². The van der Waals surface area contributed by atoms with E-state index < -0.39 is 17.3 Å². The zero-order valence-electron chi connectivity index (χ0n) is 19.6. The highest BCUT2D eigenvalue weighted by Gasteiger charge is 2.46. The van der Waals surface area contributed by atoms with Crippen LogP contribution in [0, 0.1) is 0 Å². The Bertz CT molecular complexity index is 1370. The number of aromatic nitrogens is 1. The maximum Gasteiger partial charge on any atom is 0.416 e. The Kier molecular flexibility index (Phi) is 6.32. The number of carbonyl (C=O) groups excluding carboxylic acids is 1. The molecule has 3 aromatic carbocycles. The van der Waals surface area contributed by atoms with Gasteiger partial charge in [0.05, 0.1) is 29.3 Å². The first kappa shape index (κ1) is 24.1. The predicted octanol–water partition coefficient (Wildman–Crippen LogP) is 6.21. The average Bonchev–Trinajstić information content (AvgIpc) is 3.54. The average molecular weight is 495 g/mol. The molecule has 5 nitrogen and oxygen atoms in total. The molecule has 1 amide bonds. The van der Waals surface area contributed by atoms with Crippen LogP contribution >= 0.6 is 0 Å². The van der Waals surface area contributed by atoms with E-state index in [0.29, 0.717) is 24.3 Å². The molecular weight excluding hydrogens is 469 g/mol. The van der Waals surface area contributed by atoms with Crippen LogP contribution in [-0.4, -0.2) is 17.6 Å². The topological polar surface area (TPSA) is 52.5 Å². The van der Waals surface area contributed by atoms with Crippen LogP contribution in [0.3, 0.4) is 0 Å². The van der Waals surface area contributed by atoms with Crippen molar-refractivity contribution in [3.05, 3.63) is 107 Å². The molecule has 1 aromatic heterocycles. The molecule has 1 aliphatic rings. The largest absolute Gasteiger partial charge is 0.416 e. The molecule has 0 bridgehead atoms. The van der Waals surface area contributed by atoms with Crippen LogP contribution in [0.5, 0.6) is 0 Å². The van der Waals surface area contributed by atoms with Crippen LogP contribution in [0.2, 0.25) is 0 Å². The summed E-state index contributed by atoms with van der Waals surface area (Å²) in [5, 5.41) is 4.12. The van der Waals surface area contributed by atoms with E-state index in [2.05, 4.69) is 10.2 Å². The molecule has 0 saturated heterocycles. The van der Waals surface area contributed by atoms with Gasteiger partial charge in [0.1, 0.15) is 6.61 Å². The van der Waals surface area contributed by atoms with Crippen molar-refractivity contribution in [1.82, 2.24) is 9.88 Å². The first-order valence-electron chi connectivity index (χ1n) is 11.6. The third-order valence-electron chi connectivity index (χ3n) is 6.62. The minimum atomic E-state index is -4.37. The lowest BCUT2D eigenvalue weighted by Crippen LogP contribution is -2.35. The molecule has 0 radical (unpaired) electrons. The summed E-state index contributed by atoms with van der Waals surface area (Å²) in [7, 11) is 1.46. The van der Waals surface area contributed by atoms with Crippen LogP contribution in [0.4, 0.5) is 13.2 Å². The Balaban J connectivity index is 1.38. The number of amides is 1. The molecule has 0 spiro atoms. The lowest BCUT2D eigenvalue weighted by Gasteiger charge is -2.19. The van der Waals surface area contributed by atoms with E-state index in [0.717, 1.165) is 47.0 Å². The van der Waals surface area contributed by atoms with Gasteiger partial charge < -0.3 is 9.88 Å². The third-order valence-corrected chi connectivity index (χ3v) is 6.62. The summed E-state index contributed by atoms with van der Waals surface area (Å²) in [6.07, 6.45) is -0.835. The minimum Gasteiger partial charge on any atom is -0.342 e. The van der Waals surface area contributed by atoms with Gasteiger partial charge in [-0.25, -0.2) is 9.78 Å². The smallest absolute Gasteiger partial charge is 0.342 e. The maximum atomic E-state index is 13.5. The third kappa shape index (κ3) is 4.87. The number of rotatable bonds is 8. The van der Waals surface area contributed by atoms with Gasteiger partial charge in [-0.3, -0.25) is 4.79 Å². The summed E-state index contributed by atoms with van der Waals surface area (Å²) in [4.78, 5) is 23.1. The molecule has 1 saturated carbocycles. The first-order chi connectivity index (χ1) is 17.3. The molecule has 8 heteroatoms. The molecule has 0 atom stereocenters. The highest BCUT2D eigenvalue weighted by atomic mass is 19.4. The number of carbonyl (C=O) groups is 1. The molecular formula is C28H25F3N2O3. The van der Waals surface area contributed by atoms with Gasteiger partial charge >= 0.3 is 6.18 Å². The Labute approximate surface area is 206 Å². The first-order valence-corrected chi connectivity index (χ1v) is 11.6. The fraction of sp³-hybridized carbons (Fsp3) is 0.250. The van der Waals surface area contributed by atoms with Crippen molar-refractivity contribution in [2.45, 2.75) is 37.7 Å². The van der Waals surface area contributed by atoms with Crippen LogP contribution in [0.15, 0.2) is 79.0 Å². The summed E-state index contributed by atoms with van der Waals surface area (Å²) in [6, 6.07) is 20.4. The second-order valence-electron chi connectivity index (χ2n) is 9.04. The van der Waals surface area contributed by atoms with Gasteiger partial charge in [-0.05, 0) is 53.8 Å². The Morgan fingerprint density at radius 2 is 1.67 bits per heavy atom. The predicted molar refractivity (Wildman–Crippen MR) is 129 cm³/mol. The second-order valence-corrected chi connectivity index (χ2v) is 9.04. The Hall–Kier alpha value is -3.62. The zero-order chi connectivity index (χ0) is 25.3. The van der Waals surface area contributed by atoms with Crippen molar-refractivity contribution in [3.8, 4) is 0 Å². The van der Waals surface area contributed by atoms with Gasteiger partial charge in [0.15, 0.2) is 0 Å². The normalized spacial score (nSPS) is 14.7. The number of hydrogen-bond donors (Lipinski definition) is 1. The fourth-order valence-corrected chi connectivity index (χ4v) is 4.51. The summed E-state index contributed by atoms with van der Waals surface area (Å²) in [5.41, 5.74) is 2.89. The number of para-hydroxylation sites is 1. The highest BCUT2D eigenvalue weighted by Crippen LogP contribution is 2.46. The van der Waals surface area contributed by atoms with Crippen molar-refractivity contribution in [3.63, 3.8) is 0 Å². The Morgan fingerprint density at radius 1 is 0.972 bits per heavy atom. The summed E-state index contributed by atoms with van der Waals surface area (Å²) in [5.74, 6) is -0.183. The lowest BCUT2D eigenvalue weighted by molar-refractivity contribution is -0.282. The number of nitrogens with one attached hydrogen (secondary N) is 1. The standard InChI is InChI=1S/C28H25F3N2O3/c1-35-36-18-20-7-9-22(10-8-20)27(14-15-27)32-26(34)24-4-2-3-21-13-16-33(25(21)24)17-19-5-11-23(12-6-19)28(29,30)31/h2-13,16H,14-15,17-18H2,1H3,(H,32,34). The van der Waals surface area contributed by atoms with Crippen molar-refractivity contribution in [2.75, 3.05) is 7.11 Å². The van der Waals surface area contributed by atoms with Gasteiger partial charge in [0.2, 0.25) is 0 Å². The van der Waals surface area contributed by atoms with Gasteiger partial charge in [-0.1, -0.05) is 48.5 Å². The molecule has 4 aromatic rings. The van der Waals surface area contributed by atoms with E-state index in [9.17, 15) is 18.0 Å². The summed E-state index contributed by atoms with van der Waals surface area (Å²) in [6.45, 7) is 0.691. The van der Waals surface area contributed by atoms with Crippen LogP contribution in [0.1, 0.15) is 45.5 Å². The maximum absolute atomic E-state index is 13.5. The Morgan fingerprint density at radius 3 is 2.31 bits per heavy atom. The van der Waals surface area contributed by atoms with Crippen LogP contribution < -0.4 is 5.32 Å². The highest BCUT2D eigenvalue weighted by molar-refractivity contribution is 6.06. The molecule has 1 N–H and O–H groups in total. The van der Waals surface area contributed by atoms with E-state index in [-0.39, 0.29) is 5.91 Å².